The van der Waals surface area contributed by atoms with Gasteiger partial charge in [0, 0.05) is 16.7 Å². The van der Waals surface area contributed by atoms with Crippen LogP contribution in [0, 0.1) is 0 Å². The summed E-state index contributed by atoms with van der Waals surface area (Å²) in [6.45, 7) is 0.681. The third kappa shape index (κ3) is 4.95. The Hall–Kier alpha value is -0.630. The van der Waals surface area contributed by atoms with E-state index in [4.69, 9.17) is 10.5 Å². The highest BCUT2D eigenvalue weighted by Gasteiger charge is 2.16. The minimum Gasteiger partial charge on any atom is -0.398 e. The van der Waals surface area contributed by atoms with E-state index in [0.29, 0.717) is 16.8 Å². The number of hydrogen-bond acceptors (Lipinski definition) is 4. The van der Waals surface area contributed by atoms with Crippen LogP contribution in [0.4, 0.5) is 5.69 Å². The Balaban J connectivity index is 1.82. The van der Waals surface area contributed by atoms with Crippen molar-refractivity contribution in [1.82, 2.24) is 4.72 Å². The second-order valence-electron chi connectivity index (χ2n) is 5.21. The molecule has 0 amide bonds. The number of benzene rings is 1. The third-order valence-electron chi connectivity index (χ3n) is 3.58. The van der Waals surface area contributed by atoms with Crippen LogP contribution >= 0.6 is 15.9 Å². The van der Waals surface area contributed by atoms with E-state index >= 15 is 0 Å². The molecule has 1 aromatic rings. The molecule has 5 nitrogen and oxygen atoms in total. The molecule has 1 fully saturated rings. The number of nitrogens with two attached hydrogens (primary N) is 1. The van der Waals surface area contributed by atoms with E-state index in [1.165, 1.54) is 31.4 Å². The van der Waals surface area contributed by atoms with Gasteiger partial charge in [-0.2, -0.15) is 0 Å². The largest absolute Gasteiger partial charge is 0.398 e. The first-order chi connectivity index (χ1) is 9.99. The van der Waals surface area contributed by atoms with Gasteiger partial charge in [0.05, 0.1) is 17.6 Å². The molecule has 0 aromatic heterocycles. The van der Waals surface area contributed by atoms with Crippen molar-refractivity contribution in [2.24, 2.45) is 0 Å². The molecular formula is C14H21BrN2O3S. The van der Waals surface area contributed by atoms with Crippen LogP contribution in [0.3, 0.4) is 0 Å². The number of anilines is 1. The van der Waals surface area contributed by atoms with Gasteiger partial charge in [-0.15, -0.1) is 0 Å². The molecule has 21 heavy (non-hydrogen) atoms. The van der Waals surface area contributed by atoms with E-state index < -0.39 is 10.0 Å². The maximum absolute atomic E-state index is 12.1. The van der Waals surface area contributed by atoms with Gasteiger partial charge in [0.15, 0.2) is 0 Å². The number of nitrogen functional groups attached to an aromatic ring is 1. The van der Waals surface area contributed by atoms with Crippen molar-refractivity contribution in [3.63, 3.8) is 0 Å². The molecule has 118 valence electrons. The van der Waals surface area contributed by atoms with E-state index in [1.807, 2.05) is 0 Å². The maximum atomic E-state index is 12.1. The van der Waals surface area contributed by atoms with E-state index in [2.05, 4.69) is 20.7 Å². The van der Waals surface area contributed by atoms with Crippen molar-refractivity contribution >= 4 is 31.6 Å². The zero-order valence-electron chi connectivity index (χ0n) is 11.8. The van der Waals surface area contributed by atoms with Gasteiger partial charge in [0.2, 0.25) is 10.0 Å². The molecule has 7 heteroatoms. The molecule has 0 heterocycles. The average molecular weight is 377 g/mol. The van der Waals surface area contributed by atoms with Crippen LogP contribution in [-0.2, 0) is 14.8 Å². The van der Waals surface area contributed by atoms with Gasteiger partial charge in [0.25, 0.3) is 0 Å². The first-order valence-electron chi connectivity index (χ1n) is 7.15. The van der Waals surface area contributed by atoms with Crippen LogP contribution in [0.15, 0.2) is 27.6 Å². The smallest absolute Gasteiger partial charge is 0.240 e. The molecule has 0 radical (unpaired) electrons. The lowest BCUT2D eigenvalue weighted by Gasteiger charge is -2.22. The molecule has 1 aliphatic carbocycles. The molecule has 0 saturated heterocycles. The fourth-order valence-electron chi connectivity index (χ4n) is 2.39. The summed E-state index contributed by atoms with van der Waals surface area (Å²) in [4.78, 5) is 0.196. The summed E-state index contributed by atoms with van der Waals surface area (Å²) in [5, 5.41) is 0. The Morgan fingerprint density at radius 3 is 2.67 bits per heavy atom. The predicted octanol–water partition coefficient (Wildman–Crippen LogP) is 2.66. The van der Waals surface area contributed by atoms with Crippen LogP contribution in [0.5, 0.6) is 0 Å². The van der Waals surface area contributed by atoms with Crippen LogP contribution < -0.4 is 10.5 Å². The number of halogens is 1. The van der Waals surface area contributed by atoms with E-state index in [-0.39, 0.29) is 17.5 Å². The maximum Gasteiger partial charge on any atom is 0.240 e. The van der Waals surface area contributed by atoms with Crippen molar-refractivity contribution in [3.8, 4) is 0 Å². The lowest BCUT2D eigenvalue weighted by molar-refractivity contribution is 0.0321. The van der Waals surface area contributed by atoms with E-state index in [0.717, 1.165) is 12.8 Å². The second kappa shape index (κ2) is 7.58. The van der Waals surface area contributed by atoms with Gasteiger partial charge in [-0.3, -0.25) is 0 Å². The molecule has 0 spiro atoms. The van der Waals surface area contributed by atoms with Gasteiger partial charge in [0.1, 0.15) is 0 Å². The molecule has 3 N–H and O–H groups in total. The SMILES string of the molecule is Nc1ccc(S(=O)(=O)NCCOC2CCCCC2)cc1Br. The number of hydrogen-bond donors (Lipinski definition) is 2. The molecular weight excluding hydrogens is 356 g/mol. The van der Waals surface area contributed by atoms with Gasteiger partial charge < -0.3 is 10.5 Å². The van der Waals surface area contributed by atoms with Gasteiger partial charge >= 0.3 is 0 Å². The molecule has 0 atom stereocenters. The Morgan fingerprint density at radius 1 is 1.29 bits per heavy atom. The fourth-order valence-corrected chi connectivity index (χ4v) is 3.96. The predicted molar refractivity (Wildman–Crippen MR) is 86.6 cm³/mol. The lowest BCUT2D eigenvalue weighted by Crippen LogP contribution is -2.29. The van der Waals surface area contributed by atoms with Gasteiger partial charge in [-0.25, -0.2) is 13.1 Å². The second-order valence-corrected chi connectivity index (χ2v) is 7.83. The summed E-state index contributed by atoms with van der Waals surface area (Å²) in [5.41, 5.74) is 6.16. The van der Waals surface area contributed by atoms with Crippen molar-refractivity contribution < 1.29 is 13.2 Å². The lowest BCUT2D eigenvalue weighted by atomic mass is 9.98. The third-order valence-corrected chi connectivity index (χ3v) is 5.73. The summed E-state index contributed by atoms with van der Waals surface area (Å²) < 4.78 is 33.1. The fraction of sp³-hybridized carbons (Fsp3) is 0.571. The van der Waals surface area contributed by atoms with Crippen molar-refractivity contribution in [1.29, 1.82) is 0 Å². The van der Waals surface area contributed by atoms with E-state index in [9.17, 15) is 8.42 Å². The van der Waals surface area contributed by atoms with Crippen molar-refractivity contribution in [3.05, 3.63) is 22.7 Å². The summed E-state index contributed by atoms with van der Waals surface area (Å²) in [5.74, 6) is 0. The zero-order valence-corrected chi connectivity index (χ0v) is 14.2. The number of rotatable bonds is 6. The van der Waals surface area contributed by atoms with Gasteiger partial charge in [-0.05, 0) is 47.0 Å². The van der Waals surface area contributed by atoms with Crippen LogP contribution in [0.1, 0.15) is 32.1 Å². The topological polar surface area (TPSA) is 81.4 Å². The first kappa shape index (κ1) is 16.7. The highest BCUT2D eigenvalue weighted by Crippen LogP contribution is 2.23. The van der Waals surface area contributed by atoms with Crippen LogP contribution in [0.2, 0.25) is 0 Å². The highest BCUT2D eigenvalue weighted by atomic mass is 79.9. The Kier molecular flexibility index (Phi) is 6.04. The summed E-state index contributed by atoms with van der Waals surface area (Å²) >= 11 is 3.23. The number of ether oxygens (including phenoxy) is 1. The van der Waals surface area contributed by atoms with Gasteiger partial charge in [-0.1, -0.05) is 19.3 Å². The standard InChI is InChI=1S/C14H21BrN2O3S/c15-13-10-12(6-7-14(13)16)21(18,19)17-8-9-20-11-4-2-1-3-5-11/h6-7,10-11,17H,1-5,8-9,16H2. The molecule has 2 rings (SSSR count). The van der Waals surface area contributed by atoms with Crippen molar-refractivity contribution in [2.75, 3.05) is 18.9 Å². The molecule has 0 unspecified atom stereocenters. The molecule has 0 bridgehead atoms. The Morgan fingerprint density at radius 2 is 2.00 bits per heavy atom. The molecule has 0 aliphatic heterocycles. The Bertz CT molecular complexity index is 572. The number of nitrogens with one attached hydrogen (secondary N) is 1. The van der Waals surface area contributed by atoms with Crippen LogP contribution in [0.25, 0.3) is 0 Å². The highest BCUT2D eigenvalue weighted by molar-refractivity contribution is 9.10. The molecule has 1 aliphatic rings. The minimum absolute atomic E-state index is 0.196. The zero-order chi connectivity index (χ0) is 15.3. The monoisotopic (exact) mass is 376 g/mol. The summed E-state index contributed by atoms with van der Waals surface area (Å²) in [7, 11) is -3.52. The summed E-state index contributed by atoms with van der Waals surface area (Å²) in [6.07, 6.45) is 6.13. The number of sulfonamides is 1. The molecule has 1 saturated carbocycles. The normalized spacial score (nSPS) is 17.0. The molecule has 1 aromatic carbocycles. The Labute approximate surface area is 134 Å². The van der Waals surface area contributed by atoms with Crippen molar-refractivity contribution in [2.45, 2.75) is 43.1 Å². The quantitative estimate of drug-likeness (QED) is 0.590. The summed E-state index contributed by atoms with van der Waals surface area (Å²) in [6, 6.07) is 4.56. The first-order valence-corrected chi connectivity index (χ1v) is 9.43. The van der Waals surface area contributed by atoms with Crippen LogP contribution in [-0.4, -0.2) is 27.7 Å². The van der Waals surface area contributed by atoms with E-state index in [1.54, 1.807) is 6.07 Å². The minimum atomic E-state index is -3.52. The average Bonchev–Trinajstić information content (AvgIpc) is 2.47.